The third kappa shape index (κ3) is 6.27. The smallest absolute Gasteiger partial charge is 0.264 e. The minimum absolute atomic E-state index is 0.0283. The molecule has 168 valence electrons. The van der Waals surface area contributed by atoms with E-state index in [9.17, 15) is 18.0 Å². The first-order valence-corrected chi connectivity index (χ1v) is 12.3. The van der Waals surface area contributed by atoms with Gasteiger partial charge in [-0.3, -0.25) is 9.59 Å². The van der Waals surface area contributed by atoms with E-state index in [1.54, 1.807) is 17.0 Å². The highest BCUT2D eigenvalue weighted by Crippen LogP contribution is 2.25. The highest BCUT2D eigenvalue weighted by atomic mass is 35.5. The van der Waals surface area contributed by atoms with Crippen molar-refractivity contribution in [1.82, 2.24) is 14.5 Å². The van der Waals surface area contributed by atoms with Gasteiger partial charge in [0.15, 0.2) is 0 Å². The van der Waals surface area contributed by atoms with Crippen LogP contribution in [0.1, 0.15) is 15.2 Å². The van der Waals surface area contributed by atoms with Gasteiger partial charge in [-0.25, -0.2) is 8.42 Å². The normalized spacial score (nSPS) is 14.6. The van der Waals surface area contributed by atoms with Gasteiger partial charge in [-0.1, -0.05) is 23.7 Å². The molecule has 1 N–H and O–H groups in total. The number of halogens is 1. The largest absolute Gasteiger partial charge is 0.378 e. The number of sulfonamides is 1. The topological polar surface area (TPSA) is 96.0 Å². The van der Waals surface area contributed by atoms with E-state index in [1.807, 2.05) is 12.1 Å². The van der Waals surface area contributed by atoms with E-state index in [0.29, 0.717) is 49.2 Å². The van der Waals surface area contributed by atoms with Gasteiger partial charge in [0.2, 0.25) is 5.91 Å². The molecule has 1 fully saturated rings. The summed E-state index contributed by atoms with van der Waals surface area (Å²) in [4.78, 5) is 26.7. The molecule has 11 heteroatoms. The van der Waals surface area contributed by atoms with Gasteiger partial charge in [-0.15, -0.1) is 11.3 Å². The van der Waals surface area contributed by atoms with Crippen molar-refractivity contribution < 1.29 is 22.7 Å². The van der Waals surface area contributed by atoms with E-state index in [4.69, 9.17) is 16.3 Å². The number of thiophene rings is 1. The summed E-state index contributed by atoms with van der Waals surface area (Å²) < 4.78 is 31.9. The zero-order valence-electron chi connectivity index (χ0n) is 17.0. The zero-order valence-corrected chi connectivity index (χ0v) is 19.4. The highest BCUT2D eigenvalue weighted by Gasteiger charge is 2.27. The number of ether oxygens (including phenoxy) is 1. The molecular formula is C20H24ClN3O5S2. The van der Waals surface area contributed by atoms with Crippen LogP contribution < -0.4 is 5.32 Å². The monoisotopic (exact) mass is 485 g/mol. The van der Waals surface area contributed by atoms with Gasteiger partial charge < -0.3 is 15.0 Å². The van der Waals surface area contributed by atoms with Crippen molar-refractivity contribution in [3.8, 4) is 0 Å². The molecule has 0 radical (unpaired) electrons. The third-order valence-corrected chi connectivity index (χ3v) is 8.37. The molecule has 0 bridgehead atoms. The van der Waals surface area contributed by atoms with Crippen LogP contribution in [0.4, 0.5) is 0 Å². The fourth-order valence-electron chi connectivity index (χ4n) is 2.99. The molecule has 8 nitrogen and oxygen atoms in total. The average Bonchev–Trinajstić information content (AvgIpc) is 3.26. The summed E-state index contributed by atoms with van der Waals surface area (Å²) in [5.41, 5.74) is 1.02. The fraction of sp³-hybridized carbons (Fsp3) is 0.400. The van der Waals surface area contributed by atoms with Crippen molar-refractivity contribution in [2.45, 2.75) is 10.6 Å². The maximum absolute atomic E-state index is 12.8. The number of rotatable bonds is 8. The Morgan fingerprint density at radius 2 is 1.84 bits per heavy atom. The minimum atomic E-state index is -3.88. The van der Waals surface area contributed by atoms with Gasteiger partial charge in [0, 0.05) is 31.7 Å². The van der Waals surface area contributed by atoms with Crippen LogP contribution in [0, 0.1) is 0 Å². The SMILES string of the molecule is CN(CC(=O)NCCc1ccc(Cl)cc1)S(=O)(=O)c1ccc(C(=O)N2CCOCC2)s1. The van der Waals surface area contributed by atoms with Crippen molar-refractivity contribution in [3.63, 3.8) is 0 Å². The Morgan fingerprint density at radius 3 is 2.52 bits per heavy atom. The van der Waals surface area contributed by atoms with Crippen LogP contribution in [0.25, 0.3) is 0 Å². The molecule has 2 aromatic rings. The Hall–Kier alpha value is -1.98. The number of hydrogen-bond acceptors (Lipinski definition) is 6. The maximum atomic E-state index is 12.8. The lowest BCUT2D eigenvalue weighted by Crippen LogP contribution is -2.40. The standard InChI is InChI=1S/C20H24ClN3O5S2/c1-23(14-18(25)22-9-8-15-2-4-16(21)5-3-15)31(27,28)19-7-6-17(30-19)20(26)24-10-12-29-13-11-24/h2-7H,8-14H2,1H3,(H,22,25). The molecule has 3 rings (SSSR count). The molecule has 0 unspecified atom stereocenters. The fourth-order valence-corrected chi connectivity index (χ4v) is 5.73. The number of nitrogens with zero attached hydrogens (tertiary/aromatic N) is 2. The zero-order chi connectivity index (χ0) is 22.4. The molecule has 0 atom stereocenters. The quantitative estimate of drug-likeness (QED) is 0.615. The predicted molar refractivity (Wildman–Crippen MR) is 119 cm³/mol. The van der Waals surface area contributed by atoms with Crippen LogP contribution in [0.3, 0.4) is 0 Å². The maximum Gasteiger partial charge on any atom is 0.264 e. The summed E-state index contributed by atoms with van der Waals surface area (Å²) in [7, 11) is -2.53. The van der Waals surface area contributed by atoms with E-state index in [2.05, 4.69) is 5.32 Å². The molecule has 2 heterocycles. The molecule has 31 heavy (non-hydrogen) atoms. The summed E-state index contributed by atoms with van der Waals surface area (Å²) in [5.74, 6) is -0.612. The minimum Gasteiger partial charge on any atom is -0.378 e. The van der Waals surface area contributed by atoms with Crippen LogP contribution in [-0.4, -0.2) is 75.9 Å². The number of amides is 2. The first-order chi connectivity index (χ1) is 14.8. The Bertz CT molecular complexity index is 1020. The Kier molecular flexibility index (Phi) is 8.06. The van der Waals surface area contributed by atoms with Crippen molar-refractivity contribution in [1.29, 1.82) is 0 Å². The van der Waals surface area contributed by atoms with Gasteiger partial charge >= 0.3 is 0 Å². The molecular weight excluding hydrogens is 462 g/mol. The summed E-state index contributed by atoms with van der Waals surface area (Å²) >= 11 is 6.76. The van der Waals surface area contributed by atoms with Crippen molar-refractivity contribution in [3.05, 3.63) is 51.9 Å². The molecule has 1 aromatic heterocycles. The summed E-state index contributed by atoms with van der Waals surface area (Å²) in [6, 6.07) is 10.2. The molecule has 0 aliphatic carbocycles. The van der Waals surface area contributed by atoms with Gasteiger partial charge in [0.05, 0.1) is 24.6 Å². The molecule has 1 aromatic carbocycles. The summed E-state index contributed by atoms with van der Waals surface area (Å²) in [6.45, 7) is 1.97. The molecule has 0 spiro atoms. The third-order valence-electron chi connectivity index (χ3n) is 4.77. The second-order valence-electron chi connectivity index (χ2n) is 7.01. The van der Waals surface area contributed by atoms with Crippen LogP contribution in [0.5, 0.6) is 0 Å². The van der Waals surface area contributed by atoms with Gasteiger partial charge in [-0.2, -0.15) is 4.31 Å². The van der Waals surface area contributed by atoms with E-state index in [0.717, 1.165) is 21.2 Å². The number of hydrogen-bond donors (Lipinski definition) is 1. The van der Waals surface area contributed by atoms with Crippen LogP contribution in [-0.2, 0) is 26.0 Å². The summed E-state index contributed by atoms with van der Waals surface area (Å²) in [5, 5.41) is 3.36. The first kappa shape index (κ1) is 23.7. The van der Waals surface area contributed by atoms with E-state index in [1.165, 1.54) is 19.2 Å². The van der Waals surface area contributed by atoms with Gasteiger partial charge in [0.25, 0.3) is 15.9 Å². The first-order valence-electron chi connectivity index (χ1n) is 9.72. The van der Waals surface area contributed by atoms with E-state index < -0.39 is 15.9 Å². The van der Waals surface area contributed by atoms with Crippen molar-refractivity contribution >= 4 is 44.8 Å². The number of nitrogens with one attached hydrogen (secondary N) is 1. The lowest BCUT2D eigenvalue weighted by Gasteiger charge is -2.26. The number of morpholine rings is 1. The Balaban J connectivity index is 1.53. The number of carbonyl (C=O) groups excluding carboxylic acids is 2. The lowest BCUT2D eigenvalue weighted by atomic mass is 10.1. The van der Waals surface area contributed by atoms with Crippen LogP contribution >= 0.6 is 22.9 Å². The number of benzene rings is 1. The van der Waals surface area contributed by atoms with Crippen LogP contribution in [0.2, 0.25) is 5.02 Å². The van der Waals surface area contributed by atoms with Crippen LogP contribution in [0.15, 0.2) is 40.6 Å². The van der Waals surface area contributed by atoms with Crippen molar-refractivity contribution in [2.24, 2.45) is 0 Å². The lowest BCUT2D eigenvalue weighted by molar-refractivity contribution is -0.121. The second kappa shape index (κ2) is 10.6. The van der Waals surface area contributed by atoms with Gasteiger partial charge in [-0.05, 0) is 36.2 Å². The number of carbonyl (C=O) groups is 2. The summed E-state index contributed by atoms with van der Waals surface area (Å²) in [6.07, 6.45) is 0.608. The average molecular weight is 486 g/mol. The molecule has 0 saturated carbocycles. The predicted octanol–water partition coefficient (Wildman–Crippen LogP) is 1.85. The van der Waals surface area contributed by atoms with E-state index in [-0.39, 0.29) is 16.7 Å². The molecule has 1 aliphatic heterocycles. The van der Waals surface area contributed by atoms with E-state index >= 15 is 0 Å². The number of likely N-dealkylation sites (N-methyl/N-ethyl adjacent to an activating group) is 1. The van der Waals surface area contributed by atoms with Crippen molar-refractivity contribution in [2.75, 3.05) is 46.4 Å². The molecule has 1 saturated heterocycles. The Labute approximate surface area is 190 Å². The second-order valence-corrected chi connectivity index (χ2v) is 10.8. The Morgan fingerprint density at radius 1 is 1.16 bits per heavy atom. The van der Waals surface area contributed by atoms with Gasteiger partial charge in [0.1, 0.15) is 4.21 Å². The molecule has 1 aliphatic rings. The molecule has 2 amide bonds. The highest BCUT2D eigenvalue weighted by molar-refractivity contribution is 7.91.